The zero-order valence-electron chi connectivity index (χ0n) is 26.2. The molecule has 0 saturated carbocycles. The smallest absolute Gasteiger partial charge is 0.462 e. The molecule has 0 aromatic heterocycles. The fourth-order valence-electron chi connectivity index (χ4n) is 3.78. The van der Waals surface area contributed by atoms with Crippen molar-refractivity contribution in [2.24, 2.45) is 0 Å². The Hall–Kier alpha value is -2.29. The maximum atomic E-state index is 12.2. The van der Waals surface area contributed by atoms with E-state index in [0.29, 0.717) is 25.7 Å². The number of aliphatic hydroxyl groups excluding tert-OH is 1. The normalized spacial score (nSPS) is 14.1. The maximum Gasteiger partial charge on any atom is 0.469 e. The van der Waals surface area contributed by atoms with Crippen LogP contribution < -0.4 is 0 Å². The Morgan fingerprint density at radius 1 is 0.744 bits per heavy atom. The Bertz CT molecular complexity index is 902. The fraction of sp³-hybridized carbons (Fsp3) is 0.636. The van der Waals surface area contributed by atoms with Gasteiger partial charge in [-0.1, -0.05) is 113 Å². The Morgan fingerprint density at radius 3 is 2.07 bits per heavy atom. The largest absolute Gasteiger partial charge is 0.469 e. The van der Waals surface area contributed by atoms with Crippen LogP contribution in [0.1, 0.15) is 110 Å². The number of carbonyl (C=O) groups excluding carboxylic acids is 2. The second kappa shape index (κ2) is 28.5. The highest BCUT2D eigenvalue weighted by Gasteiger charge is 2.22. The molecule has 0 fully saturated rings. The average Bonchev–Trinajstić information content (AvgIpc) is 2.96. The molecule has 0 amide bonds. The van der Waals surface area contributed by atoms with Crippen molar-refractivity contribution in [3.8, 4) is 0 Å². The third-order valence-electron chi connectivity index (χ3n) is 6.13. The minimum atomic E-state index is -4.77. The zero-order valence-corrected chi connectivity index (χ0v) is 27.1. The van der Waals surface area contributed by atoms with Gasteiger partial charge in [0.05, 0.1) is 12.7 Å². The first kappa shape index (κ1) is 40.7. The molecular weight excluding hydrogens is 571 g/mol. The number of rotatable bonds is 27. The summed E-state index contributed by atoms with van der Waals surface area (Å²) in [5.41, 5.74) is 0. The lowest BCUT2D eigenvalue weighted by Gasteiger charge is -2.18. The Labute approximate surface area is 259 Å². The highest BCUT2D eigenvalue weighted by Crippen LogP contribution is 2.35. The van der Waals surface area contributed by atoms with Crippen LogP contribution in [-0.4, -0.2) is 52.3 Å². The van der Waals surface area contributed by atoms with Crippen molar-refractivity contribution in [2.45, 2.75) is 122 Å². The predicted octanol–water partition coefficient (Wildman–Crippen LogP) is 7.58. The molecule has 0 aliphatic carbocycles. The van der Waals surface area contributed by atoms with E-state index in [1.54, 1.807) is 6.08 Å². The van der Waals surface area contributed by atoms with E-state index in [1.165, 1.54) is 19.3 Å². The molecule has 0 bridgehead atoms. The van der Waals surface area contributed by atoms with E-state index < -0.39 is 38.6 Å². The summed E-state index contributed by atoms with van der Waals surface area (Å²) in [6.07, 6.45) is 30.3. The molecule has 0 aromatic rings. The molecule has 0 saturated heterocycles. The molecule has 0 heterocycles. The van der Waals surface area contributed by atoms with E-state index in [-0.39, 0.29) is 19.4 Å². The lowest BCUT2D eigenvalue weighted by atomic mass is 10.1. The number of phosphoric ester groups is 1. The molecule has 0 radical (unpaired) electrons. The number of phosphoric acid groups is 1. The molecule has 43 heavy (non-hydrogen) atoms. The van der Waals surface area contributed by atoms with Crippen LogP contribution in [0.4, 0.5) is 0 Å². The van der Waals surface area contributed by atoms with Crippen LogP contribution in [0.3, 0.4) is 0 Å². The average molecular weight is 627 g/mol. The molecule has 10 heteroatoms. The molecule has 9 nitrogen and oxygen atoms in total. The SMILES string of the molecule is CC/C=C\C(O)C/C=C/C=C\C/C=C\C/C=C\CCCC(=O)O[C@H](COC(=O)CCCCCCCCC)COP(=O)(O)O. The monoisotopic (exact) mass is 626 g/mol. The number of ether oxygens (including phenoxy) is 2. The summed E-state index contributed by atoms with van der Waals surface area (Å²) < 4.78 is 26.0. The molecule has 3 N–H and O–H groups in total. The van der Waals surface area contributed by atoms with Crippen molar-refractivity contribution < 1.29 is 43.0 Å². The van der Waals surface area contributed by atoms with Gasteiger partial charge in [-0.3, -0.25) is 14.1 Å². The molecule has 0 spiro atoms. The first-order valence-electron chi connectivity index (χ1n) is 15.7. The lowest BCUT2D eigenvalue weighted by molar-refractivity contribution is -0.161. The fourth-order valence-corrected chi connectivity index (χ4v) is 4.14. The standard InChI is InChI=1S/C33H55O9P/c1-3-5-7-8-15-19-22-26-32(35)40-28-31(29-41-43(37,38)39)42-33(36)27-23-20-17-14-12-10-9-11-13-16-18-21-25-30(34)24-6-4-2/h6,9-10,13-14,16-18,21,24,30-31,34H,3-5,7-8,11-12,15,19-20,22-23,25-29H2,1-2H3,(H2,37,38,39)/b10-9-,16-13-,17-14-,21-18+,24-6-/t30?,31-/m1/s1. The molecule has 0 rings (SSSR count). The van der Waals surface area contributed by atoms with Crippen LogP contribution in [0.25, 0.3) is 0 Å². The van der Waals surface area contributed by atoms with Gasteiger partial charge in [0, 0.05) is 12.8 Å². The molecule has 0 aliphatic rings. The predicted molar refractivity (Wildman–Crippen MR) is 171 cm³/mol. The Balaban J connectivity index is 4.20. The number of carbonyl (C=O) groups is 2. The molecule has 0 aliphatic heterocycles. The summed E-state index contributed by atoms with van der Waals surface area (Å²) in [7, 11) is -4.77. The number of hydrogen-bond donors (Lipinski definition) is 3. The minimum absolute atomic E-state index is 0.114. The van der Waals surface area contributed by atoms with Crippen molar-refractivity contribution in [1.29, 1.82) is 0 Å². The van der Waals surface area contributed by atoms with E-state index in [1.807, 2.05) is 49.5 Å². The van der Waals surface area contributed by atoms with E-state index in [4.69, 9.17) is 19.3 Å². The van der Waals surface area contributed by atoms with Crippen LogP contribution in [0.2, 0.25) is 0 Å². The first-order chi connectivity index (χ1) is 20.7. The Kier molecular flexibility index (Phi) is 27.0. The molecular formula is C33H55O9P. The van der Waals surface area contributed by atoms with Gasteiger partial charge in [-0.25, -0.2) is 4.57 Å². The highest BCUT2D eigenvalue weighted by atomic mass is 31.2. The van der Waals surface area contributed by atoms with Crippen molar-refractivity contribution in [3.05, 3.63) is 60.8 Å². The molecule has 246 valence electrons. The topological polar surface area (TPSA) is 140 Å². The third-order valence-corrected chi connectivity index (χ3v) is 6.61. The summed E-state index contributed by atoms with van der Waals surface area (Å²) in [6, 6.07) is 0. The van der Waals surface area contributed by atoms with Gasteiger partial charge < -0.3 is 24.4 Å². The van der Waals surface area contributed by atoms with Gasteiger partial charge in [-0.15, -0.1) is 0 Å². The number of hydrogen-bond acceptors (Lipinski definition) is 7. The van der Waals surface area contributed by atoms with Crippen molar-refractivity contribution in [3.63, 3.8) is 0 Å². The van der Waals surface area contributed by atoms with Crippen LogP contribution in [0, 0.1) is 0 Å². The van der Waals surface area contributed by atoms with Gasteiger partial charge in [0.2, 0.25) is 0 Å². The first-order valence-corrected chi connectivity index (χ1v) is 17.2. The van der Waals surface area contributed by atoms with E-state index in [2.05, 4.69) is 23.6 Å². The van der Waals surface area contributed by atoms with Crippen LogP contribution in [-0.2, 0) is 28.2 Å². The zero-order chi connectivity index (χ0) is 32.0. The second-order valence-electron chi connectivity index (χ2n) is 10.3. The van der Waals surface area contributed by atoms with Crippen LogP contribution in [0.5, 0.6) is 0 Å². The summed E-state index contributed by atoms with van der Waals surface area (Å²) in [5.74, 6) is -0.992. The number of esters is 2. The Morgan fingerprint density at radius 2 is 1.37 bits per heavy atom. The van der Waals surface area contributed by atoms with Crippen LogP contribution >= 0.6 is 7.82 Å². The molecule has 0 aromatic carbocycles. The van der Waals surface area contributed by atoms with Crippen LogP contribution in [0.15, 0.2) is 60.8 Å². The van der Waals surface area contributed by atoms with Gasteiger partial charge in [0.25, 0.3) is 0 Å². The van der Waals surface area contributed by atoms with Crippen molar-refractivity contribution in [2.75, 3.05) is 13.2 Å². The third kappa shape index (κ3) is 31.0. The number of unbranched alkanes of at least 4 members (excludes halogenated alkanes) is 7. The molecule has 2 atom stereocenters. The maximum absolute atomic E-state index is 12.2. The van der Waals surface area contributed by atoms with Gasteiger partial charge in [-0.2, -0.15) is 0 Å². The van der Waals surface area contributed by atoms with E-state index in [9.17, 15) is 19.3 Å². The van der Waals surface area contributed by atoms with Gasteiger partial charge in [-0.05, 0) is 44.9 Å². The summed E-state index contributed by atoms with van der Waals surface area (Å²) in [4.78, 5) is 42.3. The summed E-state index contributed by atoms with van der Waals surface area (Å²) in [6.45, 7) is 3.30. The highest BCUT2D eigenvalue weighted by molar-refractivity contribution is 7.46. The minimum Gasteiger partial charge on any atom is -0.462 e. The molecule has 1 unspecified atom stereocenters. The second-order valence-corrected chi connectivity index (χ2v) is 11.5. The van der Waals surface area contributed by atoms with E-state index in [0.717, 1.165) is 38.5 Å². The van der Waals surface area contributed by atoms with Crippen molar-refractivity contribution in [1.82, 2.24) is 0 Å². The summed E-state index contributed by atoms with van der Waals surface area (Å²) in [5, 5.41) is 9.70. The van der Waals surface area contributed by atoms with Gasteiger partial charge in [0.15, 0.2) is 6.10 Å². The van der Waals surface area contributed by atoms with Gasteiger partial charge in [0.1, 0.15) is 6.61 Å². The van der Waals surface area contributed by atoms with Crippen molar-refractivity contribution >= 4 is 19.8 Å². The van der Waals surface area contributed by atoms with E-state index >= 15 is 0 Å². The lowest BCUT2D eigenvalue weighted by Crippen LogP contribution is -2.29. The number of aliphatic hydroxyl groups is 1. The summed E-state index contributed by atoms with van der Waals surface area (Å²) >= 11 is 0. The quantitative estimate of drug-likeness (QED) is 0.0277. The number of allylic oxidation sites excluding steroid dienone is 8. The van der Waals surface area contributed by atoms with Gasteiger partial charge >= 0.3 is 19.8 Å².